The van der Waals surface area contributed by atoms with Crippen LogP contribution in [0.4, 0.5) is 14.5 Å². The summed E-state index contributed by atoms with van der Waals surface area (Å²) >= 11 is 5.97. The summed E-state index contributed by atoms with van der Waals surface area (Å²) in [5, 5.41) is 0.0782. The van der Waals surface area contributed by atoms with Gasteiger partial charge >= 0.3 is 5.76 Å². The Kier molecular flexibility index (Phi) is 3.77. The Morgan fingerprint density at radius 1 is 1.28 bits per heavy atom. The molecule has 1 aromatic carbocycles. The highest BCUT2D eigenvalue weighted by atomic mass is 35.5. The Hall–Kier alpha value is -0.880. The zero-order chi connectivity index (χ0) is 13.3. The summed E-state index contributed by atoms with van der Waals surface area (Å²) in [6, 6.07) is 5.48. The molecule has 1 saturated heterocycles. The third-order valence-electron chi connectivity index (χ3n) is 2.90. The number of rotatable bonds is 3. The first-order chi connectivity index (χ1) is 8.41. The molecule has 1 atom stereocenters. The van der Waals surface area contributed by atoms with E-state index in [1.54, 1.807) is 0 Å². The van der Waals surface area contributed by atoms with Gasteiger partial charge in [0.15, 0.2) is 0 Å². The van der Waals surface area contributed by atoms with Crippen molar-refractivity contribution in [3.8, 4) is 0 Å². The Labute approximate surface area is 109 Å². The van der Waals surface area contributed by atoms with E-state index < -0.39 is 15.6 Å². The van der Waals surface area contributed by atoms with Crippen LogP contribution in [0.1, 0.15) is 6.42 Å². The molecular weight excluding hydrogens is 284 g/mol. The average molecular weight is 296 g/mol. The molecular formula is C11H12ClF2NO2S. The largest absolute Gasteiger partial charge is 0.370 e. The molecule has 1 heterocycles. The van der Waals surface area contributed by atoms with E-state index in [1.165, 1.54) is 24.3 Å². The van der Waals surface area contributed by atoms with Gasteiger partial charge in [0.2, 0.25) is 9.84 Å². The first kappa shape index (κ1) is 13.5. The van der Waals surface area contributed by atoms with Gasteiger partial charge in [0, 0.05) is 18.8 Å². The standard InChI is InChI=1S/C11H12ClF2NO2S/c12-8-5-6-15(7-8)9-1-3-10(4-2-9)18(16,17)11(13)14/h1-4,8,11H,5-7H2. The zero-order valence-corrected chi connectivity index (χ0v) is 11.0. The van der Waals surface area contributed by atoms with Crippen LogP contribution in [0.3, 0.4) is 0 Å². The van der Waals surface area contributed by atoms with Crippen molar-refractivity contribution in [3.05, 3.63) is 24.3 Å². The van der Waals surface area contributed by atoms with Crippen molar-refractivity contribution in [2.75, 3.05) is 18.0 Å². The van der Waals surface area contributed by atoms with Gasteiger partial charge in [-0.1, -0.05) is 0 Å². The lowest BCUT2D eigenvalue weighted by Crippen LogP contribution is -2.19. The summed E-state index contributed by atoms with van der Waals surface area (Å²) < 4.78 is 47.1. The number of alkyl halides is 3. The maximum Gasteiger partial charge on any atom is 0.341 e. The molecule has 1 aromatic rings. The minimum absolute atomic E-state index is 0.0782. The molecule has 0 aromatic heterocycles. The summed E-state index contributed by atoms with van der Waals surface area (Å²) in [6.45, 7) is 1.47. The molecule has 0 saturated carbocycles. The van der Waals surface area contributed by atoms with E-state index in [-0.39, 0.29) is 10.3 Å². The number of nitrogens with zero attached hydrogens (tertiary/aromatic N) is 1. The number of halogens is 3. The fourth-order valence-electron chi connectivity index (χ4n) is 1.90. The molecule has 7 heteroatoms. The molecule has 1 aliphatic heterocycles. The third kappa shape index (κ3) is 2.59. The molecule has 1 unspecified atom stereocenters. The lowest BCUT2D eigenvalue weighted by molar-refractivity contribution is 0.234. The molecule has 2 rings (SSSR count). The lowest BCUT2D eigenvalue weighted by Gasteiger charge is -2.18. The van der Waals surface area contributed by atoms with E-state index in [9.17, 15) is 17.2 Å². The van der Waals surface area contributed by atoms with Crippen molar-refractivity contribution in [3.63, 3.8) is 0 Å². The normalized spacial score (nSPS) is 20.7. The molecule has 18 heavy (non-hydrogen) atoms. The first-order valence-electron chi connectivity index (χ1n) is 5.42. The van der Waals surface area contributed by atoms with Crippen molar-refractivity contribution in [2.24, 2.45) is 0 Å². The molecule has 0 bridgehead atoms. The van der Waals surface area contributed by atoms with Gasteiger partial charge in [-0.25, -0.2) is 8.42 Å². The molecule has 0 N–H and O–H groups in total. The predicted octanol–water partition coefficient (Wildman–Crippen LogP) is 2.50. The van der Waals surface area contributed by atoms with Crippen LogP contribution in [-0.4, -0.2) is 32.6 Å². The third-order valence-corrected chi connectivity index (χ3v) is 4.65. The van der Waals surface area contributed by atoms with E-state index in [2.05, 4.69) is 0 Å². The molecule has 0 amide bonds. The topological polar surface area (TPSA) is 37.4 Å². The van der Waals surface area contributed by atoms with Crippen LogP contribution < -0.4 is 4.90 Å². The quantitative estimate of drug-likeness (QED) is 0.804. The second-order valence-corrected chi connectivity index (χ2v) is 6.67. The highest BCUT2D eigenvalue weighted by Gasteiger charge is 2.27. The Bertz CT molecular complexity index is 518. The minimum atomic E-state index is -4.51. The van der Waals surface area contributed by atoms with Gasteiger partial charge in [0.1, 0.15) is 0 Å². The zero-order valence-electron chi connectivity index (χ0n) is 9.39. The predicted molar refractivity (Wildman–Crippen MR) is 66.1 cm³/mol. The number of hydrogen-bond acceptors (Lipinski definition) is 3. The summed E-state index contributed by atoms with van der Waals surface area (Å²) in [4.78, 5) is 1.64. The minimum Gasteiger partial charge on any atom is -0.370 e. The van der Waals surface area contributed by atoms with Gasteiger partial charge in [-0.2, -0.15) is 8.78 Å². The number of sulfone groups is 1. The highest BCUT2D eigenvalue weighted by molar-refractivity contribution is 7.91. The second kappa shape index (κ2) is 5.01. The van der Waals surface area contributed by atoms with Crippen LogP contribution in [0.2, 0.25) is 0 Å². The molecule has 1 aliphatic rings. The van der Waals surface area contributed by atoms with Gasteiger partial charge in [-0.15, -0.1) is 11.6 Å². The fraction of sp³-hybridized carbons (Fsp3) is 0.455. The first-order valence-corrected chi connectivity index (χ1v) is 7.40. The molecule has 3 nitrogen and oxygen atoms in total. The fourth-order valence-corrected chi connectivity index (χ4v) is 2.89. The van der Waals surface area contributed by atoms with Gasteiger partial charge in [-0.05, 0) is 30.7 Å². The molecule has 100 valence electrons. The maximum atomic E-state index is 12.3. The van der Waals surface area contributed by atoms with E-state index >= 15 is 0 Å². The van der Waals surface area contributed by atoms with Crippen LogP contribution in [0.25, 0.3) is 0 Å². The van der Waals surface area contributed by atoms with Crippen molar-refractivity contribution >= 4 is 27.1 Å². The van der Waals surface area contributed by atoms with Crippen LogP contribution in [0.5, 0.6) is 0 Å². The highest BCUT2D eigenvalue weighted by Crippen LogP contribution is 2.25. The summed E-state index contributed by atoms with van der Waals surface area (Å²) in [6.07, 6.45) is 0.860. The second-order valence-electron chi connectivity index (χ2n) is 4.13. The van der Waals surface area contributed by atoms with Gasteiger partial charge in [0.25, 0.3) is 0 Å². The Balaban J connectivity index is 2.21. The van der Waals surface area contributed by atoms with Crippen molar-refractivity contribution in [1.29, 1.82) is 0 Å². The molecule has 0 radical (unpaired) electrons. The smallest absolute Gasteiger partial charge is 0.341 e. The number of benzene rings is 1. The summed E-state index contributed by atoms with van der Waals surface area (Å²) in [5.41, 5.74) is 0.798. The van der Waals surface area contributed by atoms with Crippen LogP contribution >= 0.6 is 11.6 Å². The monoisotopic (exact) mass is 295 g/mol. The Morgan fingerprint density at radius 3 is 2.33 bits per heavy atom. The van der Waals surface area contributed by atoms with Crippen molar-refractivity contribution in [1.82, 2.24) is 0 Å². The maximum absolute atomic E-state index is 12.3. The Morgan fingerprint density at radius 2 is 1.89 bits per heavy atom. The van der Waals surface area contributed by atoms with Gasteiger partial charge in [-0.3, -0.25) is 0 Å². The van der Waals surface area contributed by atoms with Crippen LogP contribution in [0.15, 0.2) is 29.2 Å². The van der Waals surface area contributed by atoms with E-state index in [0.717, 1.165) is 18.7 Å². The van der Waals surface area contributed by atoms with E-state index in [0.29, 0.717) is 6.54 Å². The molecule has 0 aliphatic carbocycles. The summed E-state index contributed by atoms with van der Waals surface area (Å²) in [5.74, 6) is -3.39. The van der Waals surface area contributed by atoms with Crippen LogP contribution in [-0.2, 0) is 9.84 Å². The van der Waals surface area contributed by atoms with Crippen molar-refractivity contribution in [2.45, 2.75) is 22.5 Å². The summed E-state index contributed by atoms with van der Waals surface area (Å²) in [7, 11) is -4.51. The molecule has 0 spiro atoms. The lowest BCUT2D eigenvalue weighted by atomic mass is 10.3. The van der Waals surface area contributed by atoms with Crippen molar-refractivity contribution < 1.29 is 17.2 Å². The van der Waals surface area contributed by atoms with Crippen LogP contribution in [0, 0.1) is 0 Å². The molecule has 1 fully saturated rings. The van der Waals surface area contributed by atoms with E-state index in [4.69, 9.17) is 11.6 Å². The van der Waals surface area contributed by atoms with E-state index in [1.807, 2.05) is 4.90 Å². The van der Waals surface area contributed by atoms with Gasteiger partial charge in [0.05, 0.1) is 10.3 Å². The number of hydrogen-bond donors (Lipinski definition) is 0. The van der Waals surface area contributed by atoms with Gasteiger partial charge < -0.3 is 4.90 Å². The average Bonchev–Trinajstić information content (AvgIpc) is 2.76. The SMILES string of the molecule is O=S(=O)(c1ccc(N2CCC(Cl)C2)cc1)C(F)F. The number of anilines is 1.